The summed E-state index contributed by atoms with van der Waals surface area (Å²) in [5.41, 5.74) is 2.97. The van der Waals surface area contributed by atoms with E-state index in [-0.39, 0.29) is 11.7 Å². The van der Waals surface area contributed by atoms with Crippen molar-refractivity contribution in [2.75, 3.05) is 24.9 Å². The average Bonchev–Trinajstić information content (AvgIpc) is 2.63. The number of Topliss-reactive ketones (excluding diaryl/α,β-unsaturated/α-hetero) is 1. The molecule has 6 nitrogen and oxygen atoms in total. The molecule has 138 valence electrons. The Bertz CT molecular complexity index is 800. The molecule has 0 bridgehead atoms. The Morgan fingerprint density at radius 2 is 1.58 bits per heavy atom. The quantitative estimate of drug-likeness (QED) is 0.741. The topological polar surface area (TPSA) is 76.7 Å². The van der Waals surface area contributed by atoms with Crippen molar-refractivity contribution in [3.05, 3.63) is 47.5 Å². The van der Waals surface area contributed by atoms with E-state index in [1.54, 1.807) is 51.5 Å². The summed E-state index contributed by atoms with van der Waals surface area (Å²) in [7, 11) is 3.15. The lowest BCUT2D eigenvalue weighted by Gasteiger charge is -2.19. The van der Waals surface area contributed by atoms with Crippen LogP contribution in [0, 0.1) is 6.92 Å². The van der Waals surface area contributed by atoms with Crippen molar-refractivity contribution in [2.45, 2.75) is 26.8 Å². The van der Waals surface area contributed by atoms with E-state index in [1.807, 2.05) is 13.0 Å². The number of anilines is 2. The van der Waals surface area contributed by atoms with Crippen molar-refractivity contribution < 1.29 is 19.1 Å². The van der Waals surface area contributed by atoms with Crippen LogP contribution in [0.1, 0.15) is 29.8 Å². The maximum atomic E-state index is 12.4. The Morgan fingerprint density at radius 3 is 2.12 bits per heavy atom. The summed E-state index contributed by atoms with van der Waals surface area (Å²) in [6, 6.07) is 9.99. The molecule has 2 aromatic rings. The van der Waals surface area contributed by atoms with Gasteiger partial charge in [0.25, 0.3) is 0 Å². The van der Waals surface area contributed by atoms with Gasteiger partial charge in [-0.15, -0.1) is 0 Å². The minimum Gasteiger partial charge on any atom is -0.493 e. The first-order valence-electron chi connectivity index (χ1n) is 8.26. The van der Waals surface area contributed by atoms with Crippen LogP contribution in [0.25, 0.3) is 0 Å². The molecule has 0 heterocycles. The van der Waals surface area contributed by atoms with Gasteiger partial charge in [0.15, 0.2) is 17.3 Å². The van der Waals surface area contributed by atoms with E-state index in [4.69, 9.17) is 9.47 Å². The fraction of sp³-hybridized carbons (Fsp3) is 0.300. The number of benzene rings is 2. The average molecular weight is 356 g/mol. The number of rotatable bonds is 7. The summed E-state index contributed by atoms with van der Waals surface area (Å²) in [4.78, 5) is 23.7. The van der Waals surface area contributed by atoms with Crippen LogP contribution >= 0.6 is 0 Å². The second-order valence-electron chi connectivity index (χ2n) is 6.01. The second kappa shape index (κ2) is 8.38. The Hall–Kier alpha value is -3.02. The van der Waals surface area contributed by atoms with Gasteiger partial charge in [-0.05, 0) is 56.7 Å². The molecular formula is C20H24N2O4. The summed E-state index contributed by atoms with van der Waals surface area (Å²) in [5.74, 6) is 1.03. The fourth-order valence-corrected chi connectivity index (χ4v) is 2.47. The van der Waals surface area contributed by atoms with Crippen molar-refractivity contribution in [3.63, 3.8) is 0 Å². The third-order valence-electron chi connectivity index (χ3n) is 4.05. The number of aryl methyl sites for hydroxylation is 1. The van der Waals surface area contributed by atoms with Crippen LogP contribution in [0.2, 0.25) is 0 Å². The smallest absolute Gasteiger partial charge is 0.246 e. The zero-order valence-corrected chi connectivity index (χ0v) is 15.7. The number of hydrogen-bond donors (Lipinski definition) is 2. The first-order chi connectivity index (χ1) is 12.3. The van der Waals surface area contributed by atoms with Gasteiger partial charge in [-0.25, -0.2) is 0 Å². The van der Waals surface area contributed by atoms with Crippen LogP contribution in [0.5, 0.6) is 11.5 Å². The molecule has 0 unspecified atom stereocenters. The zero-order valence-electron chi connectivity index (χ0n) is 15.7. The van der Waals surface area contributed by atoms with Gasteiger partial charge in [-0.1, -0.05) is 0 Å². The van der Waals surface area contributed by atoms with Gasteiger partial charge in [0, 0.05) is 23.0 Å². The molecule has 26 heavy (non-hydrogen) atoms. The summed E-state index contributed by atoms with van der Waals surface area (Å²) < 4.78 is 10.6. The molecule has 1 amide bonds. The van der Waals surface area contributed by atoms with E-state index in [1.165, 1.54) is 6.92 Å². The number of carbonyl (C=O) groups is 2. The molecule has 0 radical (unpaired) electrons. The molecule has 0 spiro atoms. The van der Waals surface area contributed by atoms with Gasteiger partial charge in [0.1, 0.15) is 6.04 Å². The molecule has 0 aromatic heterocycles. The second-order valence-corrected chi connectivity index (χ2v) is 6.01. The van der Waals surface area contributed by atoms with Crippen LogP contribution in [0.3, 0.4) is 0 Å². The Balaban J connectivity index is 2.08. The van der Waals surface area contributed by atoms with Gasteiger partial charge in [0.05, 0.1) is 14.2 Å². The Morgan fingerprint density at radius 1 is 1.00 bits per heavy atom. The number of ketones is 1. The molecule has 2 rings (SSSR count). The molecule has 0 saturated heterocycles. The molecule has 6 heteroatoms. The van der Waals surface area contributed by atoms with E-state index < -0.39 is 6.04 Å². The van der Waals surface area contributed by atoms with Crippen LogP contribution in [0.4, 0.5) is 11.4 Å². The summed E-state index contributed by atoms with van der Waals surface area (Å²) in [6.07, 6.45) is 0. The number of carbonyl (C=O) groups excluding carboxylic acids is 2. The van der Waals surface area contributed by atoms with Crippen molar-refractivity contribution >= 4 is 23.1 Å². The SMILES string of the molecule is COc1cc(C)c(N[C@@H](C)C(=O)Nc2ccc(C(C)=O)cc2)cc1OC. The van der Waals surface area contributed by atoms with Gasteiger partial charge >= 0.3 is 0 Å². The molecule has 0 aliphatic carbocycles. The number of methoxy groups -OCH3 is 2. The molecule has 0 aliphatic heterocycles. The zero-order chi connectivity index (χ0) is 19.3. The highest BCUT2D eigenvalue weighted by atomic mass is 16.5. The lowest BCUT2D eigenvalue weighted by molar-refractivity contribution is -0.116. The van der Waals surface area contributed by atoms with E-state index in [0.717, 1.165) is 11.3 Å². The Kier molecular flexibility index (Phi) is 6.22. The standard InChI is InChI=1S/C20H24N2O4/c1-12-10-18(25-4)19(26-5)11-17(12)21-13(2)20(24)22-16-8-6-15(7-9-16)14(3)23/h6-11,13,21H,1-5H3,(H,22,24)/t13-/m0/s1. The van der Waals surface area contributed by atoms with E-state index in [2.05, 4.69) is 10.6 Å². The number of hydrogen-bond acceptors (Lipinski definition) is 5. The summed E-state index contributed by atoms with van der Waals surface area (Å²) >= 11 is 0. The van der Waals surface area contributed by atoms with Crippen molar-refractivity contribution in [1.82, 2.24) is 0 Å². The van der Waals surface area contributed by atoms with Gasteiger partial charge in [-0.2, -0.15) is 0 Å². The third-order valence-corrected chi connectivity index (χ3v) is 4.05. The normalized spacial score (nSPS) is 11.4. The fourth-order valence-electron chi connectivity index (χ4n) is 2.47. The Labute approximate surface area is 153 Å². The lowest BCUT2D eigenvalue weighted by atomic mass is 10.1. The van der Waals surface area contributed by atoms with Crippen molar-refractivity contribution in [2.24, 2.45) is 0 Å². The van der Waals surface area contributed by atoms with Gasteiger partial charge < -0.3 is 20.1 Å². The van der Waals surface area contributed by atoms with Crippen LogP contribution in [0.15, 0.2) is 36.4 Å². The summed E-state index contributed by atoms with van der Waals surface area (Å²) in [6.45, 7) is 5.20. The predicted octanol–water partition coefficient (Wildman–Crippen LogP) is 3.65. The van der Waals surface area contributed by atoms with Gasteiger partial charge in [-0.3, -0.25) is 9.59 Å². The number of ether oxygens (including phenoxy) is 2. The van der Waals surface area contributed by atoms with Crippen LogP contribution in [-0.2, 0) is 4.79 Å². The molecule has 1 atom stereocenters. The van der Waals surface area contributed by atoms with Crippen molar-refractivity contribution in [1.29, 1.82) is 0 Å². The first kappa shape index (κ1) is 19.3. The lowest BCUT2D eigenvalue weighted by Crippen LogP contribution is -2.32. The molecule has 0 aliphatic rings. The van der Waals surface area contributed by atoms with Crippen LogP contribution in [-0.4, -0.2) is 32.0 Å². The molecule has 2 aromatic carbocycles. The highest BCUT2D eigenvalue weighted by Gasteiger charge is 2.16. The monoisotopic (exact) mass is 356 g/mol. The van der Waals surface area contributed by atoms with E-state index in [9.17, 15) is 9.59 Å². The van der Waals surface area contributed by atoms with Crippen LogP contribution < -0.4 is 20.1 Å². The minimum absolute atomic E-state index is 0.0122. The molecule has 2 N–H and O–H groups in total. The predicted molar refractivity (Wildman–Crippen MR) is 102 cm³/mol. The number of nitrogens with one attached hydrogen (secondary N) is 2. The summed E-state index contributed by atoms with van der Waals surface area (Å²) in [5, 5.41) is 6.01. The maximum absolute atomic E-state index is 12.4. The molecular weight excluding hydrogens is 332 g/mol. The van der Waals surface area contributed by atoms with E-state index >= 15 is 0 Å². The molecule has 0 saturated carbocycles. The largest absolute Gasteiger partial charge is 0.493 e. The van der Waals surface area contributed by atoms with E-state index in [0.29, 0.717) is 22.7 Å². The highest BCUT2D eigenvalue weighted by molar-refractivity contribution is 5.98. The molecule has 0 fully saturated rings. The van der Waals surface area contributed by atoms with Gasteiger partial charge in [0.2, 0.25) is 5.91 Å². The highest BCUT2D eigenvalue weighted by Crippen LogP contribution is 2.33. The number of amides is 1. The third kappa shape index (κ3) is 4.53. The van der Waals surface area contributed by atoms with Crippen molar-refractivity contribution in [3.8, 4) is 11.5 Å². The first-order valence-corrected chi connectivity index (χ1v) is 8.26. The minimum atomic E-state index is -0.473. The maximum Gasteiger partial charge on any atom is 0.246 e.